The summed E-state index contributed by atoms with van der Waals surface area (Å²) in [4.78, 5) is 17.0. The third-order valence-corrected chi connectivity index (χ3v) is 8.21. The Morgan fingerprint density at radius 2 is 1.54 bits per heavy atom. The van der Waals surface area contributed by atoms with Crippen LogP contribution >= 0.6 is 0 Å². The third kappa shape index (κ3) is 4.42. The molecule has 2 fully saturated rings. The van der Waals surface area contributed by atoms with Crippen LogP contribution in [0.4, 0.5) is 0 Å². The van der Waals surface area contributed by atoms with Gasteiger partial charge in [-0.05, 0) is 49.8 Å². The molecule has 0 radical (unpaired) electrons. The Morgan fingerprint density at radius 3 is 2.07 bits per heavy atom. The minimum Gasteiger partial charge on any atom is -0.341 e. The first-order chi connectivity index (χ1) is 13.3. The van der Waals surface area contributed by atoms with Crippen LogP contribution in [0.2, 0.25) is 0 Å². The quantitative estimate of drug-likeness (QED) is 0.727. The molecule has 1 aromatic rings. The fraction of sp³-hybridized carbons (Fsp3) is 0.667. The standard InChI is InChI=1S/C21H33N3O3S/c1-4-17(2)19-7-9-20(10-8-19)28(26,27)24-15-13-22(14-16-24)18(3)21(25)23-11-5-6-12-23/h7-10,17-18H,4-6,11-16H2,1-3H3/t17-,18+/m1/s1. The molecule has 0 N–H and O–H groups in total. The second-order valence-electron chi connectivity index (χ2n) is 8.03. The molecule has 1 amide bonds. The molecule has 0 aromatic heterocycles. The number of piperazine rings is 1. The van der Waals surface area contributed by atoms with Gasteiger partial charge in [0.25, 0.3) is 0 Å². The van der Waals surface area contributed by atoms with Crippen LogP contribution in [0.3, 0.4) is 0 Å². The molecule has 0 aliphatic carbocycles. The molecule has 1 aromatic carbocycles. The zero-order chi connectivity index (χ0) is 20.3. The van der Waals surface area contributed by atoms with Crippen molar-refractivity contribution in [1.82, 2.24) is 14.1 Å². The van der Waals surface area contributed by atoms with Gasteiger partial charge in [-0.3, -0.25) is 9.69 Å². The van der Waals surface area contributed by atoms with E-state index in [1.165, 1.54) is 5.56 Å². The zero-order valence-corrected chi connectivity index (χ0v) is 18.1. The molecule has 2 saturated heterocycles. The summed E-state index contributed by atoms with van der Waals surface area (Å²) in [7, 11) is -3.48. The van der Waals surface area contributed by atoms with E-state index in [9.17, 15) is 13.2 Å². The summed E-state index contributed by atoms with van der Waals surface area (Å²) < 4.78 is 27.5. The van der Waals surface area contributed by atoms with Gasteiger partial charge in [-0.2, -0.15) is 4.31 Å². The average molecular weight is 408 g/mol. The molecule has 3 rings (SSSR count). The van der Waals surface area contributed by atoms with Crippen LogP contribution in [0.1, 0.15) is 51.5 Å². The number of rotatable bonds is 6. The van der Waals surface area contributed by atoms with Crippen molar-refractivity contribution < 1.29 is 13.2 Å². The summed E-state index contributed by atoms with van der Waals surface area (Å²) in [5.41, 5.74) is 1.17. The molecular weight excluding hydrogens is 374 g/mol. The number of nitrogens with zero attached hydrogens (tertiary/aromatic N) is 3. The summed E-state index contributed by atoms with van der Waals surface area (Å²) in [5.74, 6) is 0.601. The van der Waals surface area contributed by atoms with E-state index in [4.69, 9.17) is 0 Å². The zero-order valence-electron chi connectivity index (χ0n) is 17.3. The second-order valence-corrected chi connectivity index (χ2v) is 9.96. The number of carbonyl (C=O) groups is 1. The highest BCUT2D eigenvalue weighted by Crippen LogP contribution is 2.23. The molecule has 7 heteroatoms. The molecule has 2 aliphatic heterocycles. The van der Waals surface area contributed by atoms with Crippen LogP contribution in [0.15, 0.2) is 29.2 Å². The van der Waals surface area contributed by atoms with Crippen molar-refractivity contribution in [3.05, 3.63) is 29.8 Å². The Balaban J connectivity index is 1.61. The first-order valence-corrected chi connectivity index (χ1v) is 11.9. The lowest BCUT2D eigenvalue weighted by atomic mass is 9.99. The minimum atomic E-state index is -3.48. The lowest BCUT2D eigenvalue weighted by Gasteiger charge is -2.37. The monoisotopic (exact) mass is 407 g/mol. The lowest BCUT2D eigenvalue weighted by Crippen LogP contribution is -2.55. The topological polar surface area (TPSA) is 60.9 Å². The second kappa shape index (κ2) is 8.93. The third-order valence-electron chi connectivity index (χ3n) is 6.30. The number of sulfonamides is 1. The highest BCUT2D eigenvalue weighted by molar-refractivity contribution is 7.89. The number of hydrogen-bond donors (Lipinski definition) is 0. The summed E-state index contributed by atoms with van der Waals surface area (Å²) in [6.45, 7) is 9.94. The predicted octanol–water partition coefficient (Wildman–Crippen LogP) is 2.52. The minimum absolute atomic E-state index is 0.175. The van der Waals surface area contributed by atoms with Gasteiger partial charge in [0.2, 0.25) is 15.9 Å². The first kappa shape index (κ1) is 21.3. The Hall–Kier alpha value is -1.44. The predicted molar refractivity (Wildman–Crippen MR) is 111 cm³/mol. The van der Waals surface area contributed by atoms with E-state index in [1.54, 1.807) is 16.4 Å². The van der Waals surface area contributed by atoms with E-state index in [-0.39, 0.29) is 11.9 Å². The largest absolute Gasteiger partial charge is 0.341 e. The Labute approximate surface area is 169 Å². The van der Waals surface area contributed by atoms with Gasteiger partial charge in [0.15, 0.2) is 0 Å². The van der Waals surface area contributed by atoms with Crippen molar-refractivity contribution in [2.24, 2.45) is 0 Å². The van der Waals surface area contributed by atoms with Gasteiger partial charge in [0.05, 0.1) is 10.9 Å². The number of benzene rings is 1. The molecule has 0 unspecified atom stereocenters. The summed E-state index contributed by atoms with van der Waals surface area (Å²) >= 11 is 0. The maximum Gasteiger partial charge on any atom is 0.243 e. The Kier molecular flexibility index (Phi) is 6.78. The Bertz CT molecular complexity index is 765. The maximum atomic E-state index is 13.0. The van der Waals surface area contributed by atoms with E-state index in [1.807, 2.05) is 24.0 Å². The summed E-state index contributed by atoms with van der Waals surface area (Å²) in [6.07, 6.45) is 3.20. The Morgan fingerprint density at radius 1 is 0.964 bits per heavy atom. The molecule has 28 heavy (non-hydrogen) atoms. The molecule has 0 saturated carbocycles. The molecule has 2 heterocycles. The normalized spacial score (nSPS) is 21.6. The van der Waals surface area contributed by atoms with Gasteiger partial charge >= 0.3 is 0 Å². The van der Waals surface area contributed by atoms with Crippen LogP contribution in [0, 0.1) is 0 Å². The van der Waals surface area contributed by atoms with Crippen LogP contribution in [-0.2, 0) is 14.8 Å². The molecule has 2 atom stereocenters. The summed E-state index contributed by atoms with van der Waals surface area (Å²) in [6, 6.07) is 7.12. The maximum absolute atomic E-state index is 13.0. The smallest absolute Gasteiger partial charge is 0.243 e. The SMILES string of the molecule is CC[C@@H](C)c1ccc(S(=O)(=O)N2CCN([C@@H](C)C(=O)N3CCCC3)CC2)cc1. The molecule has 0 spiro atoms. The summed E-state index contributed by atoms with van der Waals surface area (Å²) in [5, 5.41) is 0. The van der Waals surface area contributed by atoms with Crippen molar-refractivity contribution in [1.29, 1.82) is 0 Å². The van der Waals surface area contributed by atoms with Crippen molar-refractivity contribution in [2.75, 3.05) is 39.3 Å². The van der Waals surface area contributed by atoms with Crippen LogP contribution in [0.25, 0.3) is 0 Å². The van der Waals surface area contributed by atoms with Gasteiger partial charge in [0.1, 0.15) is 0 Å². The van der Waals surface area contributed by atoms with Gasteiger partial charge in [-0.15, -0.1) is 0 Å². The first-order valence-electron chi connectivity index (χ1n) is 10.5. The molecular formula is C21H33N3O3S. The van der Waals surface area contributed by atoms with E-state index >= 15 is 0 Å². The lowest BCUT2D eigenvalue weighted by molar-refractivity contribution is -0.135. The van der Waals surface area contributed by atoms with Crippen LogP contribution in [0.5, 0.6) is 0 Å². The fourth-order valence-corrected chi connectivity index (χ4v) is 5.46. The molecule has 6 nitrogen and oxygen atoms in total. The molecule has 2 aliphatic rings. The van der Waals surface area contributed by atoms with E-state index in [0.29, 0.717) is 37.0 Å². The number of amides is 1. The van der Waals surface area contributed by atoms with E-state index in [0.717, 1.165) is 32.4 Å². The van der Waals surface area contributed by atoms with Crippen molar-refractivity contribution in [3.8, 4) is 0 Å². The number of hydrogen-bond acceptors (Lipinski definition) is 4. The van der Waals surface area contributed by atoms with Gasteiger partial charge < -0.3 is 4.90 Å². The van der Waals surface area contributed by atoms with Gasteiger partial charge in [-0.25, -0.2) is 8.42 Å². The van der Waals surface area contributed by atoms with E-state index in [2.05, 4.69) is 18.7 Å². The number of likely N-dealkylation sites (tertiary alicyclic amines) is 1. The van der Waals surface area contributed by atoms with Crippen molar-refractivity contribution in [3.63, 3.8) is 0 Å². The van der Waals surface area contributed by atoms with Crippen molar-refractivity contribution in [2.45, 2.75) is 56.9 Å². The van der Waals surface area contributed by atoms with Crippen LogP contribution < -0.4 is 0 Å². The van der Waals surface area contributed by atoms with Crippen molar-refractivity contribution >= 4 is 15.9 Å². The van der Waals surface area contributed by atoms with Crippen LogP contribution in [-0.4, -0.2) is 73.7 Å². The number of carbonyl (C=O) groups excluding carboxylic acids is 1. The highest BCUT2D eigenvalue weighted by atomic mass is 32.2. The molecule has 0 bridgehead atoms. The van der Waals surface area contributed by atoms with E-state index < -0.39 is 10.0 Å². The van der Waals surface area contributed by atoms with Gasteiger partial charge in [0, 0.05) is 39.3 Å². The van der Waals surface area contributed by atoms with Gasteiger partial charge in [-0.1, -0.05) is 26.0 Å². The highest BCUT2D eigenvalue weighted by Gasteiger charge is 2.33. The molecule has 156 valence electrons. The average Bonchev–Trinajstić information content (AvgIpc) is 3.27. The fourth-order valence-electron chi connectivity index (χ4n) is 4.04.